The molecule has 0 atom stereocenters. The molecular weight excluding hydrogens is 152 g/mol. The second-order valence-electron chi connectivity index (χ2n) is 2.45. The van der Waals surface area contributed by atoms with E-state index in [1.54, 1.807) is 6.08 Å². The molecule has 1 heterocycles. The summed E-state index contributed by atoms with van der Waals surface area (Å²) in [6.07, 6.45) is 5.04. The van der Waals surface area contributed by atoms with Gasteiger partial charge in [-0.2, -0.15) is 0 Å². The van der Waals surface area contributed by atoms with Crippen LogP contribution in [0.1, 0.15) is 12.6 Å². The summed E-state index contributed by atoms with van der Waals surface area (Å²) in [7, 11) is 0. The maximum atomic E-state index is 10.4. The van der Waals surface area contributed by atoms with E-state index in [9.17, 15) is 4.79 Å². The molecule has 0 spiro atoms. The van der Waals surface area contributed by atoms with Crippen molar-refractivity contribution in [1.82, 2.24) is 4.57 Å². The Kier molecular flexibility index (Phi) is 2.69. The minimum Gasteiger partial charge on any atom is -0.366 e. The molecule has 1 aromatic rings. The molecular formula is C9H12N2O. The molecule has 1 aromatic heterocycles. The Balaban J connectivity index is 2.81. The van der Waals surface area contributed by atoms with Crippen molar-refractivity contribution < 1.29 is 4.79 Å². The third kappa shape index (κ3) is 1.99. The van der Waals surface area contributed by atoms with Crippen LogP contribution in [0.2, 0.25) is 0 Å². The lowest BCUT2D eigenvalue weighted by molar-refractivity contribution is -0.113. The zero-order valence-electron chi connectivity index (χ0n) is 7.03. The predicted octanol–water partition coefficient (Wildman–Crippen LogP) is 1.01. The van der Waals surface area contributed by atoms with Gasteiger partial charge in [-0.1, -0.05) is 0 Å². The first-order chi connectivity index (χ1) is 5.74. The second kappa shape index (κ2) is 3.76. The molecule has 3 heteroatoms. The number of primary amides is 1. The van der Waals surface area contributed by atoms with Gasteiger partial charge in [-0.3, -0.25) is 4.79 Å². The molecule has 0 saturated carbocycles. The summed E-state index contributed by atoms with van der Waals surface area (Å²) < 4.78 is 2.03. The van der Waals surface area contributed by atoms with Crippen LogP contribution in [0.5, 0.6) is 0 Å². The van der Waals surface area contributed by atoms with Gasteiger partial charge in [-0.25, -0.2) is 0 Å². The second-order valence-corrected chi connectivity index (χ2v) is 2.45. The van der Waals surface area contributed by atoms with Gasteiger partial charge >= 0.3 is 0 Å². The minimum absolute atomic E-state index is 0.418. The van der Waals surface area contributed by atoms with Gasteiger partial charge < -0.3 is 10.3 Å². The Morgan fingerprint density at radius 3 is 3.08 bits per heavy atom. The van der Waals surface area contributed by atoms with Gasteiger partial charge in [-0.05, 0) is 25.1 Å². The highest BCUT2D eigenvalue weighted by Crippen LogP contribution is 2.03. The highest BCUT2D eigenvalue weighted by Gasteiger charge is 1.93. The van der Waals surface area contributed by atoms with Crippen LogP contribution in [0.4, 0.5) is 0 Å². The first kappa shape index (κ1) is 8.59. The van der Waals surface area contributed by atoms with E-state index in [1.165, 1.54) is 6.08 Å². The van der Waals surface area contributed by atoms with Crippen LogP contribution in [0.15, 0.2) is 24.4 Å². The number of aryl methyl sites for hydroxylation is 1. The standard InChI is InChI=1S/C9H12N2O/c1-2-11-7-3-4-8(11)5-6-9(10)12/h3-7H,2H2,1H3,(H2,10,12)/b6-5+. The van der Waals surface area contributed by atoms with Gasteiger partial charge in [0.2, 0.25) is 5.91 Å². The number of amides is 1. The lowest BCUT2D eigenvalue weighted by Crippen LogP contribution is -2.05. The van der Waals surface area contributed by atoms with Crippen molar-refractivity contribution in [2.24, 2.45) is 5.73 Å². The normalized spacial score (nSPS) is 10.8. The van der Waals surface area contributed by atoms with Crippen molar-refractivity contribution in [3.05, 3.63) is 30.1 Å². The molecule has 3 nitrogen and oxygen atoms in total. The van der Waals surface area contributed by atoms with Crippen LogP contribution in [-0.2, 0) is 11.3 Å². The van der Waals surface area contributed by atoms with E-state index in [0.717, 1.165) is 12.2 Å². The van der Waals surface area contributed by atoms with Crippen molar-refractivity contribution in [3.8, 4) is 0 Å². The Bertz CT molecular complexity index is 299. The number of rotatable bonds is 3. The maximum absolute atomic E-state index is 10.4. The number of carbonyl (C=O) groups excluding carboxylic acids is 1. The predicted molar refractivity (Wildman–Crippen MR) is 48.3 cm³/mol. The van der Waals surface area contributed by atoms with E-state index in [1.807, 2.05) is 29.8 Å². The third-order valence-electron chi connectivity index (χ3n) is 1.62. The molecule has 1 amide bonds. The van der Waals surface area contributed by atoms with Crippen LogP contribution in [0.25, 0.3) is 6.08 Å². The van der Waals surface area contributed by atoms with Crippen LogP contribution in [0, 0.1) is 0 Å². The number of nitrogens with two attached hydrogens (primary N) is 1. The molecule has 0 aliphatic carbocycles. The summed E-state index contributed by atoms with van der Waals surface area (Å²) >= 11 is 0. The number of hydrogen-bond donors (Lipinski definition) is 1. The highest BCUT2D eigenvalue weighted by molar-refractivity contribution is 5.89. The van der Waals surface area contributed by atoms with E-state index in [0.29, 0.717) is 0 Å². The summed E-state index contributed by atoms with van der Waals surface area (Å²) in [6.45, 7) is 2.94. The average molecular weight is 164 g/mol. The minimum atomic E-state index is -0.418. The van der Waals surface area contributed by atoms with Crippen molar-refractivity contribution in [2.75, 3.05) is 0 Å². The molecule has 2 N–H and O–H groups in total. The van der Waals surface area contributed by atoms with Gasteiger partial charge in [0, 0.05) is 24.5 Å². The maximum Gasteiger partial charge on any atom is 0.241 e. The van der Waals surface area contributed by atoms with E-state index in [4.69, 9.17) is 5.73 Å². The Labute approximate surface area is 71.5 Å². The van der Waals surface area contributed by atoms with Gasteiger partial charge in [0.05, 0.1) is 0 Å². The first-order valence-electron chi connectivity index (χ1n) is 3.86. The number of nitrogens with zero attached hydrogens (tertiary/aromatic N) is 1. The third-order valence-corrected chi connectivity index (χ3v) is 1.62. The Hall–Kier alpha value is -1.51. The van der Waals surface area contributed by atoms with Crippen LogP contribution in [0.3, 0.4) is 0 Å². The lowest BCUT2D eigenvalue weighted by Gasteiger charge is -1.99. The molecule has 0 unspecified atom stereocenters. The van der Waals surface area contributed by atoms with Crippen molar-refractivity contribution in [2.45, 2.75) is 13.5 Å². The van der Waals surface area contributed by atoms with E-state index >= 15 is 0 Å². The topological polar surface area (TPSA) is 48.0 Å². The quantitative estimate of drug-likeness (QED) is 0.666. The Morgan fingerprint density at radius 1 is 1.75 bits per heavy atom. The zero-order valence-corrected chi connectivity index (χ0v) is 7.03. The van der Waals surface area contributed by atoms with Gasteiger partial charge in [-0.15, -0.1) is 0 Å². The van der Waals surface area contributed by atoms with Gasteiger partial charge in [0.1, 0.15) is 0 Å². The lowest BCUT2D eigenvalue weighted by atomic mass is 10.3. The highest BCUT2D eigenvalue weighted by atomic mass is 16.1. The molecule has 0 aliphatic rings. The fourth-order valence-corrected chi connectivity index (χ4v) is 1.03. The summed E-state index contributed by atoms with van der Waals surface area (Å²) in [5.41, 5.74) is 5.96. The SMILES string of the molecule is CCn1cccc1/C=C/C(N)=O. The van der Waals surface area contributed by atoms with Gasteiger partial charge in [0.25, 0.3) is 0 Å². The molecule has 12 heavy (non-hydrogen) atoms. The van der Waals surface area contributed by atoms with E-state index in [-0.39, 0.29) is 0 Å². The summed E-state index contributed by atoms with van der Waals surface area (Å²) in [5, 5.41) is 0. The molecule has 1 rings (SSSR count). The smallest absolute Gasteiger partial charge is 0.241 e. The largest absolute Gasteiger partial charge is 0.366 e. The van der Waals surface area contributed by atoms with Crippen molar-refractivity contribution >= 4 is 12.0 Å². The molecule has 0 fully saturated rings. The zero-order chi connectivity index (χ0) is 8.97. The number of aromatic nitrogens is 1. The van der Waals surface area contributed by atoms with Crippen LogP contribution in [-0.4, -0.2) is 10.5 Å². The number of carbonyl (C=O) groups is 1. The van der Waals surface area contributed by atoms with Crippen molar-refractivity contribution in [1.29, 1.82) is 0 Å². The number of hydrogen-bond acceptors (Lipinski definition) is 1. The van der Waals surface area contributed by atoms with Gasteiger partial charge in [0.15, 0.2) is 0 Å². The summed E-state index contributed by atoms with van der Waals surface area (Å²) in [6, 6.07) is 3.87. The van der Waals surface area contributed by atoms with Crippen LogP contribution >= 0.6 is 0 Å². The molecule has 0 aromatic carbocycles. The molecule has 0 bridgehead atoms. The fraction of sp³-hybridized carbons (Fsp3) is 0.222. The van der Waals surface area contributed by atoms with Crippen molar-refractivity contribution in [3.63, 3.8) is 0 Å². The monoisotopic (exact) mass is 164 g/mol. The molecule has 0 aliphatic heterocycles. The summed E-state index contributed by atoms with van der Waals surface area (Å²) in [4.78, 5) is 10.4. The van der Waals surface area contributed by atoms with Crippen LogP contribution < -0.4 is 5.73 Å². The first-order valence-corrected chi connectivity index (χ1v) is 3.86. The van der Waals surface area contributed by atoms with E-state index in [2.05, 4.69) is 0 Å². The Morgan fingerprint density at radius 2 is 2.50 bits per heavy atom. The summed E-state index contributed by atoms with van der Waals surface area (Å²) in [5.74, 6) is -0.418. The molecule has 0 saturated heterocycles. The fourth-order valence-electron chi connectivity index (χ4n) is 1.03. The molecule has 0 radical (unpaired) electrons. The van der Waals surface area contributed by atoms with E-state index < -0.39 is 5.91 Å². The molecule has 64 valence electrons. The average Bonchev–Trinajstić information content (AvgIpc) is 2.47.